The summed E-state index contributed by atoms with van der Waals surface area (Å²) in [7, 11) is 0. The third kappa shape index (κ3) is 3.85. The molecule has 1 aromatic carbocycles. The Morgan fingerprint density at radius 3 is 2.57 bits per heavy atom. The maximum atomic E-state index is 12.7. The highest BCUT2D eigenvalue weighted by Crippen LogP contribution is 2.23. The third-order valence-corrected chi connectivity index (χ3v) is 3.80. The number of pyridine rings is 1. The number of carbonyl (C=O) groups is 1. The van der Waals surface area contributed by atoms with Gasteiger partial charge in [0.25, 0.3) is 5.91 Å². The number of hydrogen-bond acceptors (Lipinski definition) is 3. The van der Waals surface area contributed by atoms with Gasteiger partial charge in [0.2, 0.25) is 0 Å². The van der Waals surface area contributed by atoms with Crippen molar-refractivity contribution in [2.24, 2.45) is 5.92 Å². The quantitative estimate of drug-likeness (QED) is 0.820. The van der Waals surface area contributed by atoms with E-state index in [9.17, 15) is 10.1 Å². The van der Waals surface area contributed by atoms with Crippen LogP contribution in [0.5, 0.6) is 0 Å². The standard InChI is InChI=1S/C18H19N3OS/c1-11(2)9-14-15(10-19)18(23)20-12(3)16(14)17(22)21-13-7-5-4-6-8-13/h4-8,11H,9H2,1-3H3,(H,20,23)(H,21,22). The van der Waals surface area contributed by atoms with E-state index in [1.165, 1.54) is 0 Å². The molecule has 0 aliphatic heterocycles. The van der Waals surface area contributed by atoms with Crippen LogP contribution in [0.3, 0.4) is 0 Å². The molecule has 0 aliphatic rings. The van der Waals surface area contributed by atoms with E-state index in [2.05, 4.69) is 30.2 Å². The fraction of sp³-hybridized carbons (Fsp3) is 0.278. The number of rotatable bonds is 4. The number of aryl methyl sites for hydroxylation is 1. The number of aromatic nitrogens is 1. The molecule has 1 heterocycles. The Balaban J connectivity index is 2.54. The van der Waals surface area contributed by atoms with E-state index in [0.717, 1.165) is 5.56 Å². The summed E-state index contributed by atoms with van der Waals surface area (Å²) in [6.07, 6.45) is 0.625. The number of nitriles is 1. The van der Waals surface area contributed by atoms with Gasteiger partial charge < -0.3 is 10.3 Å². The van der Waals surface area contributed by atoms with Crippen LogP contribution >= 0.6 is 12.2 Å². The molecule has 0 saturated carbocycles. The van der Waals surface area contributed by atoms with Gasteiger partial charge >= 0.3 is 0 Å². The van der Waals surface area contributed by atoms with Gasteiger partial charge in [-0.3, -0.25) is 4.79 Å². The van der Waals surface area contributed by atoms with Crippen LogP contribution in [0.1, 0.15) is 41.0 Å². The molecule has 2 rings (SSSR count). The van der Waals surface area contributed by atoms with Crippen molar-refractivity contribution < 1.29 is 4.79 Å². The van der Waals surface area contributed by atoms with Crippen molar-refractivity contribution in [3.8, 4) is 6.07 Å². The molecule has 1 amide bonds. The number of benzene rings is 1. The second-order valence-electron chi connectivity index (χ2n) is 5.84. The largest absolute Gasteiger partial charge is 0.348 e. The van der Waals surface area contributed by atoms with Gasteiger partial charge in [0.15, 0.2) is 0 Å². The van der Waals surface area contributed by atoms with E-state index in [0.29, 0.717) is 39.5 Å². The topological polar surface area (TPSA) is 68.7 Å². The van der Waals surface area contributed by atoms with Gasteiger partial charge in [-0.15, -0.1) is 0 Å². The number of nitrogens with zero attached hydrogens (tertiary/aromatic N) is 1. The maximum Gasteiger partial charge on any atom is 0.257 e. The lowest BCUT2D eigenvalue weighted by Gasteiger charge is -2.16. The Kier molecular flexibility index (Phi) is 5.30. The zero-order chi connectivity index (χ0) is 17.0. The average Bonchev–Trinajstić information content (AvgIpc) is 2.47. The monoisotopic (exact) mass is 325 g/mol. The van der Waals surface area contributed by atoms with E-state index in [4.69, 9.17) is 12.2 Å². The normalized spacial score (nSPS) is 10.4. The van der Waals surface area contributed by atoms with Gasteiger partial charge in [-0.25, -0.2) is 0 Å². The van der Waals surface area contributed by atoms with Crippen LogP contribution in [0.2, 0.25) is 0 Å². The first-order valence-electron chi connectivity index (χ1n) is 7.46. The summed E-state index contributed by atoms with van der Waals surface area (Å²) in [4.78, 5) is 15.7. The molecule has 0 aliphatic carbocycles. The van der Waals surface area contributed by atoms with Crippen molar-refractivity contribution >= 4 is 23.8 Å². The van der Waals surface area contributed by atoms with Gasteiger partial charge in [-0.2, -0.15) is 5.26 Å². The average molecular weight is 325 g/mol. The van der Waals surface area contributed by atoms with Crippen molar-refractivity contribution in [1.29, 1.82) is 5.26 Å². The van der Waals surface area contributed by atoms with Crippen LogP contribution in [0, 0.1) is 28.8 Å². The van der Waals surface area contributed by atoms with Crippen molar-refractivity contribution in [2.45, 2.75) is 27.2 Å². The molecule has 0 fully saturated rings. The van der Waals surface area contributed by atoms with E-state index < -0.39 is 0 Å². The minimum absolute atomic E-state index is 0.230. The molecule has 4 nitrogen and oxygen atoms in total. The first kappa shape index (κ1) is 16.9. The number of carbonyl (C=O) groups excluding carboxylic acids is 1. The lowest BCUT2D eigenvalue weighted by molar-refractivity contribution is 0.102. The number of hydrogen-bond donors (Lipinski definition) is 2. The van der Waals surface area contributed by atoms with Crippen LogP contribution in [-0.2, 0) is 6.42 Å². The van der Waals surface area contributed by atoms with Crippen LogP contribution in [0.15, 0.2) is 30.3 Å². The molecule has 2 N–H and O–H groups in total. The molecule has 0 unspecified atom stereocenters. The van der Waals surface area contributed by atoms with Crippen molar-refractivity contribution in [3.63, 3.8) is 0 Å². The van der Waals surface area contributed by atoms with Gasteiger partial charge in [0, 0.05) is 11.4 Å². The zero-order valence-corrected chi connectivity index (χ0v) is 14.3. The molecule has 0 radical (unpaired) electrons. The maximum absolute atomic E-state index is 12.7. The van der Waals surface area contributed by atoms with Gasteiger partial charge in [0.1, 0.15) is 10.7 Å². The second-order valence-corrected chi connectivity index (χ2v) is 6.25. The molecule has 0 saturated heterocycles. The Morgan fingerprint density at radius 1 is 1.35 bits per heavy atom. The molecule has 5 heteroatoms. The summed E-state index contributed by atoms with van der Waals surface area (Å²) in [5.41, 5.74) is 3.01. The van der Waals surface area contributed by atoms with E-state index in [1.807, 2.05) is 30.3 Å². The highest BCUT2D eigenvalue weighted by Gasteiger charge is 2.20. The molecule has 118 valence electrons. The molecule has 0 atom stereocenters. The third-order valence-electron chi connectivity index (χ3n) is 3.49. The molecule has 2 aromatic rings. The highest BCUT2D eigenvalue weighted by molar-refractivity contribution is 7.71. The number of anilines is 1. The summed E-state index contributed by atoms with van der Waals surface area (Å²) in [6, 6.07) is 11.4. The first-order chi connectivity index (χ1) is 10.9. The number of aromatic amines is 1. The zero-order valence-electron chi connectivity index (χ0n) is 13.4. The van der Waals surface area contributed by atoms with E-state index in [-0.39, 0.29) is 5.91 Å². The Bertz CT molecular complexity index is 817. The first-order valence-corrected chi connectivity index (χ1v) is 7.87. The van der Waals surface area contributed by atoms with Crippen LogP contribution in [-0.4, -0.2) is 10.9 Å². The fourth-order valence-electron chi connectivity index (χ4n) is 2.54. The lowest BCUT2D eigenvalue weighted by Crippen LogP contribution is -2.19. The van der Waals surface area contributed by atoms with Crippen molar-refractivity contribution in [1.82, 2.24) is 4.98 Å². The Labute approximate surface area is 141 Å². The molecular weight excluding hydrogens is 306 g/mol. The van der Waals surface area contributed by atoms with Gasteiger partial charge in [0.05, 0.1) is 11.1 Å². The number of nitrogens with one attached hydrogen (secondary N) is 2. The fourth-order valence-corrected chi connectivity index (χ4v) is 2.86. The predicted molar refractivity (Wildman–Crippen MR) is 94.0 cm³/mol. The Hall–Kier alpha value is -2.45. The van der Waals surface area contributed by atoms with E-state index >= 15 is 0 Å². The van der Waals surface area contributed by atoms with Crippen LogP contribution < -0.4 is 5.32 Å². The molecule has 23 heavy (non-hydrogen) atoms. The lowest BCUT2D eigenvalue weighted by atomic mass is 9.93. The number of H-pyrrole nitrogens is 1. The van der Waals surface area contributed by atoms with Crippen molar-refractivity contribution in [3.05, 3.63) is 57.4 Å². The molecule has 0 bridgehead atoms. The summed E-state index contributed by atoms with van der Waals surface area (Å²) in [5, 5.41) is 12.3. The summed E-state index contributed by atoms with van der Waals surface area (Å²) in [6.45, 7) is 5.91. The predicted octanol–water partition coefficient (Wildman–Crippen LogP) is 4.38. The SMILES string of the molecule is Cc1[nH]c(=S)c(C#N)c(CC(C)C)c1C(=O)Nc1ccccc1. The molecule has 1 aromatic heterocycles. The number of amides is 1. The summed E-state index contributed by atoms with van der Waals surface area (Å²) in [5.74, 6) is 0.0775. The van der Waals surface area contributed by atoms with E-state index in [1.54, 1.807) is 6.92 Å². The summed E-state index contributed by atoms with van der Waals surface area (Å²) < 4.78 is 0.386. The second kappa shape index (κ2) is 7.21. The minimum Gasteiger partial charge on any atom is -0.348 e. The Morgan fingerprint density at radius 2 is 2.00 bits per heavy atom. The smallest absolute Gasteiger partial charge is 0.257 e. The van der Waals surface area contributed by atoms with Crippen LogP contribution in [0.25, 0.3) is 0 Å². The minimum atomic E-state index is -0.230. The summed E-state index contributed by atoms with van der Waals surface area (Å²) >= 11 is 5.25. The highest BCUT2D eigenvalue weighted by atomic mass is 32.1. The van der Waals surface area contributed by atoms with Crippen molar-refractivity contribution in [2.75, 3.05) is 5.32 Å². The van der Waals surface area contributed by atoms with Gasteiger partial charge in [-0.05, 0) is 37.0 Å². The number of para-hydroxylation sites is 1. The molecular formula is C18H19N3OS. The molecule has 0 spiro atoms. The van der Waals surface area contributed by atoms with Crippen LogP contribution in [0.4, 0.5) is 5.69 Å². The van der Waals surface area contributed by atoms with Gasteiger partial charge in [-0.1, -0.05) is 44.3 Å².